The number of unbranched alkanes of at least 4 members (excludes halogenated alkanes) is 10. The van der Waals surface area contributed by atoms with Gasteiger partial charge in [0.05, 0.1) is 18.6 Å². The third-order valence-electron chi connectivity index (χ3n) is 7.67. The lowest BCUT2D eigenvalue weighted by molar-refractivity contribution is -0.157. The predicted molar refractivity (Wildman–Crippen MR) is 153 cm³/mol. The molecule has 0 saturated heterocycles. The monoisotopic (exact) mass is 510 g/mol. The second-order valence-electron chi connectivity index (χ2n) is 11.8. The van der Waals surface area contributed by atoms with E-state index in [9.17, 15) is 9.59 Å². The largest absolute Gasteiger partial charge is 0.466 e. The first kappa shape index (κ1) is 34.9. The number of rotatable bonds is 25. The summed E-state index contributed by atoms with van der Waals surface area (Å²) in [6, 6.07) is 0. The van der Waals surface area contributed by atoms with Gasteiger partial charge in [0, 0.05) is 6.42 Å². The molecular weight excluding hydrogens is 448 g/mol. The maximum atomic E-state index is 12.8. The number of carbonyl (C=O) groups is 2. The highest BCUT2D eigenvalue weighted by atomic mass is 16.5. The lowest BCUT2D eigenvalue weighted by Gasteiger charge is -2.29. The highest BCUT2D eigenvalue weighted by Gasteiger charge is 2.35. The van der Waals surface area contributed by atoms with Gasteiger partial charge < -0.3 is 9.47 Å². The molecule has 4 nitrogen and oxygen atoms in total. The number of ether oxygens (including phenoxy) is 2. The van der Waals surface area contributed by atoms with Crippen LogP contribution in [-0.4, -0.2) is 25.2 Å². The molecule has 0 aliphatic rings. The molecule has 0 N–H and O–H groups in total. The maximum absolute atomic E-state index is 12.8. The first-order chi connectivity index (χ1) is 17.3. The van der Waals surface area contributed by atoms with Crippen molar-refractivity contribution in [1.82, 2.24) is 0 Å². The summed E-state index contributed by atoms with van der Waals surface area (Å²) >= 11 is 0. The van der Waals surface area contributed by atoms with Crippen LogP contribution in [0.4, 0.5) is 0 Å². The summed E-state index contributed by atoms with van der Waals surface area (Å²) in [5, 5.41) is 0. The summed E-state index contributed by atoms with van der Waals surface area (Å²) in [5.41, 5.74) is -0.299. The van der Waals surface area contributed by atoms with Crippen LogP contribution in [0.3, 0.4) is 0 Å². The van der Waals surface area contributed by atoms with E-state index in [0.29, 0.717) is 19.6 Å². The van der Waals surface area contributed by atoms with E-state index < -0.39 is 0 Å². The fraction of sp³-hybridized carbons (Fsp3) is 0.938. The molecule has 0 bridgehead atoms. The van der Waals surface area contributed by atoms with Crippen molar-refractivity contribution in [3.05, 3.63) is 0 Å². The number of esters is 2. The molecule has 0 heterocycles. The normalized spacial score (nSPS) is 11.9. The molecule has 0 aromatic rings. The van der Waals surface area contributed by atoms with Gasteiger partial charge >= 0.3 is 11.9 Å². The molecule has 4 heteroatoms. The van der Waals surface area contributed by atoms with E-state index in [1.807, 2.05) is 0 Å². The van der Waals surface area contributed by atoms with Crippen LogP contribution in [0.2, 0.25) is 0 Å². The van der Waals surface area contributed by atoms with Crippen molar-refractivity contribution in [1.29, 1.82) is 0 Å². The maximum Gasteiger partial charge on any atom is 0.312 e. The van der Waals surface area contributed by atoms with Crippen molar-refractivity contribution in [2.24, 2.45) is 17.3 Å². The van der Waals surface area contributed by atoms with E-state index >= 15 is 0 Å². The number of hydrogen-bond acceptors (Lipinski definition) is 4. The molecule has 214 valence electrons. The number of hydrogen-bond donors (Lipinski definition) is 0. The van der Waals surface area contributed by atoms with Gasteiger partial charge in [0.1, 0.15) is 0 Å². The molecule has 0 spiro atoms. The zero-order chi connectivity index (χ0) is 27.1. The van der Waals surface area contributed by atoms with Gasteiger partial charge in [-0.3, -0.25) is 9.59 Å². The van der Waals surface area contributed by atoms with Gasteiger partial charge in [-0.25, -0.2) is 0 Å². The molecule has 0 fully saturated rings. The molecule has 0 aliphatic heterocycles. The van der Waals surface area contributed by atoms with Gasteiger partial charge in [-0.2, -0.15) is 0 Å². The lowest BCUT2D eigenvalue weighted by atomic mass is 9.77. The summed E-state index contributed by atoms with van der Waals surface area (Å²) in [7, 11) is 0. The van der Waals surface area contributed by atoms with Crippen LogP contribution in [0.15, 0.2) is 0 Å². The molecule has 0 radical (unpaired) electrons. The molecule has 0 rings (SSSR count). The van der Waals surface area contributed by atoms with E-state index in [-0.39, 0.29) is 17.4 Å². The Hall–Kier alpha value is -1.06. The summed E-state index contributed by atoms with van der Waals surface area (Å²) in [4.78, 5) is 24.7. The van der Waals surface area contributed by atoms with Crippen LogP contribution >= 0.6 is 0 Å². The average Bonchev–Trinajstić information content (AvgIpc) is 2.84. The molecule has 0 aromatic heterocycles. The zero-order valence-electron chi connectivity index (χ0n) is 25.1. The quantitative estimate of drug-likeness (QED) is 0.0905. The lowest BCUT2D eigenvalue weighted by Crippen LogP contribution is -2.32. The third-order valence-corrected chi connectivity index (χ3v) is 7.67. The fourth-order valence-corrected chi connectivity index (χ4v) is 4.85. The Bertz CT molecular complexity index is 522. The molecule has 0 amide bonds. The van der Waals surface area contributed by atoms with Crippen LogP contribution in [0.25, 0.3) is 0 Å². The van der Waals surface area contributed by atoms with Gasteiger partial charge in [-0.05, 0) is 50.4 Å². The number of carbonyl (C=O) groups excluding carboxylic acids is 2. The van der Waals surface area contributed by atoms with Crippen molar-refractivity contribution in [3.63, 3.8) is 0 Å². The SMILES string of the molecule is CCC(CC)(CCCCCCCCCC(=O)OCCCCCC(C)C)C(=O)OCCCCCC(C)C. The average molecular weight is 511 g/mol. The summed E-state index contributed by atoms with van der Waals surface area (Å²) in [5.74, 6) is 1.51. The van der Waals surface area contributed by atoms with Crippen molar-refractivity contribution in [2.45, 2.75) is 164 Å². The van der Waals surface area contributed by atoms with Gasteiger partial charge in [-0.15, -0.1) is 0 Å². The van der Waals surface area contributed by atoms with Crippen LogP contribution < -0.4 is 0 Å². The Morgan fingerprint density at radius 2 is 1.03 bits per heavy atom. The van der Waals surface area contributed by atoms with Crippen molar-refractivity contribution < 1.29 is 19.1 Å². The van der Waals surface area contributed by atoms with Gasteiger partial charge in [0.15, 0.2) is 0 Å². The molecule has 0 saturated carbocycles. The van der Waals surface area contributed by atoms with Crippen molar-refractivity contribution in [2.75, 3.05) is 13.2 Å². The Morgan fingerprint density at radius 3 is 1.53 bits per heavy atom. The molecule has 36 heavy (non-hydrogen) atoms. The molecule has 0 unspecified atom stereocenters. The second-order valence-corrected chi connectivity index (χ2v) is 11.8. The minimum atomic E-state index is -0.299. The van der Waals surface area contributed by atoms with E-state index in [4.69, 9.17) is 9.47 Å². The van der Waals surface area contributed by atoms with Crippen LogP contribution in [0.5, 0.6) is 0 Å². The van der Waals surface area contributed by atoms with Crippen molar-refractivity contribution >= 4 is 11.9 Å². The van der Waals surface area contributed by atoms with E-state index in [1.54, 1.807) is 0 Å². The van der Waals surface area contributed by atoms with Crippen LogP contribution in [0.1, 0.15) is 164 Å². The Balaban J connectivity index is 3.79. The summed E-state index contributed by atoms with van der Waals surface area (Å²) in [6.45, 7) is 14.4. The first-order valence-electron chi connectivity index (χ1n) is 15.6. The summed E-state index contributed by atoms with van der Waals surface area (Å²) in [6.07, 6.45) is 20.4. The topological polar surface area (TPSA) is 52.6 Å². The second kappa shape index (κ2) is 23.1. The molecule has 0 atom stereocenters. The Morgan fingerprint density at radius 1 is 0.583 bits per heavy atom. The summed E-state index contributed by atoms with van der Waals surface area (Å²) < 4.78 is 11.1. The Labute approximate surface area is 225 Å². The zero-order valence-corrected chi connectivity index (χ0v) is 25.1. The van der Waals surface area contributed by atoms with Crippen molar-refractivity contribution in [3.8, 4) is 0 Å². The highest BCUT2D eigenvalue weighted by Crippen LogP contribution is 2.34. The Kier molecular flexibility index (Phi) is 22.4. The van der Waals surface area contributed by atoms with E-state index in [2.05, 4.69) is 41.5 Å². The fourth-order valence-electron chi connectivity index (χ4n) is 4.85. The predicted octanol–water partition coefficient (Wildman–Crippen LogP) is 9.82. The third kappa shape index (κ3) is 19.1. The van der Waals surface area contributed by atoms with Crippen LogP contribution in [0, 0.1) is 17.3 Å². The first-order valence-corrected chi connectivity index (χ1v) is 15.6. The minimum Gasteiger partial charge on any atom is -0.466 e. The van der Waals surface area contributed by atoms with E-state index in [1.165, 1.54) is 51.4 Å². The van der Waals surface area contributed by atoms with Gasteiger partial charge in [0.25, 0.3) is 0 Å². The van der Waals surface area contributed by atoms with E-state index in [0.717, 1.165) is 76.0 Å². The van der Waals surface area contributed by atoms with Gasteiger partial charge in [-0.1, -0.05) is 119 Å². The molecule has 0 aliphatic carbocycles. The molecule has 0 aromatic carbocycles. The van der Waals surface area contributed by atoms with Crippen LogP contribution in [-0.2, 0) is 19.1 Å². The highest BCUT2D eigenvalue weighted by molar-refractivity contribution is 5.76. The van der Waals surface area contributed by atoms with Gasteiger partial charge in [0.2, 0.25) is 0 Å². The molecular formula is C32H62O4. The minimum absolute atomic E-state index is 0.0267. The standard InChI is InChI=1S/C32H62O4/c1-7-32(8-2,31(34)36-27-21-15-17-23-29(5)6)25-19-13-11-9-10-12-18-24-30(33)35-26-20-14-16-22-28(3)4/h28-29H,7-27H2,1-6H3. The smallest absolute Gasteiger partial charge is 0.312 e.